The zero-order chi connectivity index (χ0) is 25.0. The van der Waals surface area contributed by atoms with Crippen molar-refractivity contribution in [2.45, 2.75) is 36.9 Å². The van der Waals surface area contributed by atoms with Gasteiger partial charge < -0.3 is 25.0 Å². The first-order chi connectivity index (χ1) is 17.4. The molecule has 0 bridgehead atoms. The summed E-state index contributed by atoms with van der Waals surface area (Å²) in [7, 11) is 0. The third-order valence-corrected chi connectivity index (χ3v) is 7.49. The van der Waals surface area contributed by atoms with Gasteiger partial charge in [0.1, 0.15) is 18.3 Å². The minimum atomic E-state index is -1.26. The minimum absolute atomic E-state index is 0.0403. The fourth-order valence-corrected chi connectivity index (χ4v) is 5.47. The van der Waals surface area contributed by atoms with Gasteiger partial charge in [-0.2, -0.15) is 9.97 Å². The second-order valence-electron chi connectivity index (χ2n) is 9.54. The first-order valence-electron chi connectivity index (χ1n) is 11.8. The quantitative estimate of drug-likeness (QED) is 0.352. The number of imidazole rings is 1. The summed E-state index contributed by atoms with van der Waals surface area (Å²) < 4.78 is 7.21. The van der Waals surface area contributed by atoms with Gasteiger partial charge in [0.15, 0.2) is 23.2 Å². The van der Waals surface area contributed by atoms with Crippen LogP contribution in [0.5, 0.6) is 0 Å². The molecule has 3 N–H and O–H groups in total. The lowest BCUT2D eigenvalue weighted by atomic mass is 9.68. The number of aliphatic hydroxyl groups is 3. The van der Waals surface area contributed by atoms with Gasteiger partial charge in [0, 0.05) is 13.1 Å². The lowest BCUT2D eigenvalue weighted by molar-refractivity contribution is -0.0511. The monoisotopic (exact) mass is 507 g/mol. The van der Waals surface area contributed by atoms with Crippen molar-refractivity contribution in [1.29, 1.82) is 0 Å². The number of hydrogen-bond acceptors (Lipinski definition) is 8. The van der Waals surface area contributed by atoms with Gasteiger partial charge in [0.05, 0.1) is 18.3 Å². The molecule has 0 unspecified atom stereocenters. The summed E-state index contributed by atoms with van der Waals surface area (Å²) in [6.07, 6.45) is -2.87. The van der Waals surface area contributed by atoms with E-state index in [0.717, 1.165) is 0 Å². The zero-order valence-corrected chi connectivity index (χ0v) is 20.3. The van der Waals surface area contributed by atoms with E-state index >= 15 is 0 Å². The Bertz CT molecular complexity index is 1390. The summed E-state index contributed by atoms with van der Waals surface area (Å²) >= 11 is 6.35. The lowest BCUT2D eigenvalue weighted by Crippen LogP contribution is -2.60. The highest BCUT2D eigenvalue weighted by atomic mass is 35.5. The fraction of sp³-hybridized carbons (Fsp3) is 0.346. The Hall–Kier alpha value is -3.08. The van der Waals surface area contributed by atoms with Gasteiger partial charge in [-0.3, -0.25) is 4.57 Å². The van der Waals surface area contributed by atoms with E-state index in [1.165, 1.54) is 27.6 Å². The standard InChI is InChI=1S/C26H26ClN5O4/c1-15-7-9-17(10-8-15)26(16-5-3-2-4-6-16)12-31(13-26)22-19-23(30-25(27)29-22)32(14-28-19)24-21(35)20(34)18(11-33)36-24/h2-10,14,18,20-21,24,33-35H,11-13H2,1H3/t18-,20-,21-,24-/m1/s1. The molecule has 2 fully saturated rings. The Morgan fingerprint density at radius 3 is 2.36 bits per heavy atom. The topological polar surface area (TPSA) is 117 Å². The molecule has 4 atom stereocenters. The fourth-order valence-electron chi connectivity index (χ4n) is 5.31. The van der Waals surface area contributed by atoms with Crippen molar-refractivity contribution < 1.29 is 20.1 Å². The maximum Gasteiger partial charge on any atom is 0.226 e. The molecular weight excluding hydrogens is 482 g/mol. The third-order valence-electron chi connectivity index (χ3n) is 7.32. The van der Waals surface area contributed by atoms with Crippen molar-refractivity contribution in [3.05, 3.63) is 82.9 Å². The SMILES string of the molecule is Cc1ccc(C2(c3ccccc3)CN(c3nc(Cl)nc4c3ncn4[C@@H]3O[C@H](CO)[C@@H](O)[C@H]3O)C2)cc1. The first kappa shape index (κ1) is 23.3. The molecule has 2 aromatic carbocycles. The summed E-state index contributed by atoms with van der Waals surface area (Å²) in [5.41, 5.74) is 4.33. The van der Waals surface area contributed by atoms with Gasteiger partial charge in [-0.1, -0.05) is 60.2 Å². The number of aromatic nitrogens is 4. The van der Waals surface area contributed by atoms with E-state index in [9.17, 15) is 15.3 Å². The van der Waals surface area contributed by atoms with Gasteiger partial charge >= 0.3 is 0 Å². The second-order valence-corrected chi connectivity index (χ2v) is 9.88. The predicted octanol–water partition coefficient (Wildman–Crippen LogP) is 2.21. The maximum atomic E-state index is 10.5. The van der Waals surface area contributed by atoms with Crippen molar-refractivity contribution in [3.63, 3.8) is 0 Å². The van der Waals surface area contributed by atoms with Crippen molar-refractivity contribution >= 4 is 28.6 Å². The van der Waals surface area contributed by atoms with Gasteiger partial charge in [-0.25, -0.2) is 4.98 Å². The Morgan fingerprint density at radius 2 is 1.69 bits per heavy atom. The molecule has 4 aromatic rings. The van der Waals surface area contributed by atoms with Crippen LogP contribution in [0.2, 0.25) is 5.28 Å². The zero-order valence-electron chi connectivity index (χ0n) is 19.6. The van der Waals surface area contributed by atoms with E-state index in [4.69, 9.17) is 16.3 Å². The van der Waals surface area contributed by atoms with E-state index < -0.39 is 31.1 Å². The highest BCUT2D eigenvalue weighted by Gasteiger charge is 2.48. The predicted molar refractivity (Wildman–Crippen MR) is 134 cm³/mol. The van der Waals surface area contributed by atoms with E-state index in [-0.39, 0.29) is 10.7 Å². The number of anilines is 1. The van der Waals surface area contributed by atoms with Gasteiger partial charge in [-0.05, 0) is 29.7 Å². The Labute approximate surface area is 212 Å². The number of nitrogens with zero attached hydrogens (tertiary/aromatic N) is 5. The summed E-state index contributed by atoms with van der Waals surface area (Å²) in [6, 6.07) is 19.0. The first-order valence-corrected chi connectivity index (χ1v) is 12.2. The number of halogens is 1. The van der Waals surface area contributed by atoms with Crippen LogP contribution < -0.4 is 4.90 Å². The summed E-state index contributed by atoms with van der Waals surface area (Å²) in [5, 5.41) is 30.2. The van der Waals surface area contributed by atoms with E-state index in [1.54, 1.807) is 0 Å². The lowest BCUT2D eigenvalue weighted by Gasteiger charge is -2.51. The number of rotatable bonds is 5. The van der Waals surface area contributed by atoms with Crippen LogP contribution >= 0.6 is 11.6 Å². The molecule has 2 saturated heterocycles. The van der Waals surface area contributed by atoms with Crippen LogP contribution in [0.4, 0.5) is 5.82 Å². The number of aliphatic hydroxyl groups excluding tert-OH is 3. The van der Waals surface area contributed by atoms with Crippen LogP contribution in [0, 0.1) is 6.92 Å². The number of fused-ring (bicyclic) bond motifs is 1. The molecule has 0 spiro atoms. The molecule has 0 saturated carbocycles. The molecular formula is C26H26ClN5O4. The summed E-state index contributed by atoms with van der Waals surface area (Å²) in [5.74, 6) is 0.592. The van der Waals surface area contributed by atoms with Gasteiger partial charge in [0.25, 0.3) is 0 Å². The van der Waals surface area contributed by atoms with Crippen LogP contribution in [0.25, 0.3) is 11.2 Å². The molecule has 0 radical (unpaired) electrons. The molecule has 2 aliphatic heterocycles. The Balaban J connectivity index is 1.38. The van der Waals surface area contributed by atoms with E-state index in [2.05, 4.69) is 75.3 Å². The van der Waals surface area contributed by atoms with Gasteiger partial charge in [0.2, 0.25) is 5.28 Å². The number of hydrogen-bond donors (Lipinski definition) is 3. The maximum absolute atomic E-state index is 10.5. The molecule has 36 heavy (non-hydrogen) atoms. The average Bonchev–Trinajstić information content (AvgIpc) is 3.40. The van der Waals surface area contributed by atoms with E-state index in [0.29, 0.717) is 30.1 Å². The van der Waals surface area contributed by atoms with Gasteiger partial charge in [-0.15, -0.1) is 0 Å². The van der Waals surface area contributed by atoms with Crippen molar-refractivity contribution in [3.8, 4) is 0 Å². The highest BCUT2D eigenvalue weighted by molar-refractivity contribution is 6.28. The van der Waals surface area contributed by atoms with Crippen molar-refractivity contribution in [2.75, 3.05) is 24.6 Å². The summed E-state index contributed by atoms with van der Waals surface area (Å²) in [6.45, 7) is 3.00. The molecule has 0 amide bonds. The second kappa shape index (κ2) is 8.79. The summed E-state index contributed by atoms with van der Waals surface area (Å²) in [4.78, 5) is 15.5. The number of benzene rings is 2. The van der Waals surface area contributed by atoms with Crippen LogP contribution in [-0.4, -0.2) is 72.8 Å². The van der Waals surface area contributed by atoms with Crippen LogP contribution in [0.1, 0.15) is 22.9 Å². The minimum Gasteiger partial charge on any atom is -0.394 e. The molecule has 2 aromatic heterocycles. The molecule has 0 aliphatic carbocycles. The van der Waals surface area contributed by atoms with Crippen LogP contribution in [0.15, 0.2) is 60.9 Å². The normalized spacial score (nSPS) is 25.3. The molecule has 2 aliphatic rings. The van der Waals surface area contributed by atoms with Crippen molar-refractivity contribution in [2.24, 2.45) is 0 Å². The molecule has 9 nitrogen and oxygen atoms in total. The largest absolute Gasteiger partial charge is 0.394 e. The molecule has 6 rings (SSSR count). The molecule has 4 heterocycles. The molecule has 10 heteroatoms. The third kappa shape index (κ3) is 3.58. The average molecular weight is 508 g/mol. The van der Waals surface area contributed by atoms with Crippen LogP contribution in [0.3, 0.4) is 0 Å². The Morgan fingerprint density at radius 1 is 1.00 bits per heavy atom. The smallest absolute Gasteiger partial charge is 0.226 e. The highest BCUT2D eigenvalue weighted by Crippen LogP contribution is 2.44. The number of aryl methyl sites for hydroxylation is 1. The van der Waals surface area contributed by atoms with Crippen molar-refractivity contribution in [1.82, 2.24) is 19.5 Å². The van der Waals surface area contributed by atoms with E-state index in [1.807, 2.05) is 6.07 Å². The molecule has 186 valence electrons. The van der Waals surface area contributed by atoms with Crippen LogP contribution in [-0.2, 0) is 10.2 Å². The Kier molecular flexibility index (Phi) is 5.70. The number of ether oxygens (including phenoxy) is 1.